The summed E-state index contributed by atoms with van der Waals surface area (Å²) in [6, 6.07) is 3.98. The second-order valence-corrected chi connectivity index (χ2v) is 4.57. The summed E-state index contributed by atoms with van der Waals surface area (Å²) in [6.45, 7) is 4.03. The Labute approximate surface area is 95.2 Å². The first-order valence-corrected chi connectivity index (χ1v) is 5.67. The lowest BCUT2D eigenvalue weighted by Crippen LogP contribution is -2.30. The lowest BCUT2D eigenvalue weighted by atomic mass is 10.0. The van der Waals surface area contributed by atoms with E-state index in [1.807, 2.05) is 12.1 Å². The van der Waals surface area contributed by atoms with Crippen molar-refractivity contribution >= 4 is 17.4 Å². The molecule has 1 aromatic rings. The molecule has 15 heavy (non-hydrogen) atoms. The number of aromatic nitrogens is 1. The van der Waals surface area contributed by atoms with Crippen molar-refractivity contribution in [1.82, 2.24) is 4.98 Å². The van der Waals surface area contributed by atoms with Gasteiger partial charge in [0.05, 0.1) is 5.02 Å². The highest BCUT2D eigenvalue weighted by atomic mass is 35.5. The largest absolute Gasteiger partial charge is 0.355 e. The number of anilines is 1. The van der Waals surface area contributed by atoms with Crippen molar-refractivity contribution in [3.8, 4) is 0 Å². The average molecular weight is 226 g/mol. The lowest BCUT2D eigenvalue weighted by Gasteiger charge is -2.19. The molecule has 2 unspecified atom stereocenters. The molecule has 1 aliphatic heterocycles. The number of nitrogens with two attached hydrogens (primary N) is 1. The minimum Gasteiger partial charge on any atom is -0.355 e. The first kappa shape index (κ1) is 10.7. The number of hydrogen-bond acceptors (Lipinski definition) is 3. The molecule has 2 rings (SSSR count). The van der Waals surface area contributed by atoms with Crippen molar-refractivity contribution < 1.29 is 0 Å². The Morgan fingerprint density at radius 2 is 2.47 bits per heavy atom. The van der Waals surface area contributed by atoms with Gasteiger partial charge in [0, 0.05) is 25.3 Å². The first-order chi connectivity index (χ1) is 7.18. The predicted molar refractivity (Wildman–Crippen MR) is 63.2 cm³/mol. The number of pyridine rings is 1. The Hall–Kier alpha value is -0.800. The summed E-state index contributed by atoms with van der Waals surface area (Å²) in [4.78, 5) is 6.53. The van der Waals surface area contributed by atoms with Crippen LogP contribution in [0, 0.1) is 5.92 Å². The molecule has 3 nitrogen and oxygen atoms in total. The van der Waals surface area contributed by atoms with Gasteiger partial charge in [-0.3, -0.25) is 0 Å². The van der Waals surface area contributed by atoms with Gasteiger partial charge in [-0.15, -0.1) is 0 Å². The summed E-state index contributed by atoms with van der Waals surface area (Å²) in [6.07, 6.45) is 2.91. The molecule has 0 radical (unpaired) electrons. The highest BCUT2D eigenvalue weighted by molar-refractivity contribution is 6.32. The third kappa shape index (κ3) is 2.24. The zero-order chi connectivity index (χ0) is 10.8. The molecule has 0 saturated carbocycles. The van der Waals surface area contributed by atoms with Crippen LogP contribution in [0.1, 0.15) is 13.3 Å². The van der Waals surface area contributed by atoms with Crippen molar-refractivity contribution in [1.29, 1.82) is 0 Å². The van der Waals surface area contributed by atoms with Crippen molar-refractivity contribution in [2.24, 2.45) is 11.7 Å². The van der Waals surface area contributed by atoms with E-state index >= 15 is 0 Å². The maximum atomic E-state index is 6.10. The average Bonchev–Trinajstić information content (AvgIpc) is 2.67. The van der Waals surface area contributed by atoms with Gasteiger partial charge in [-0.1, -0.05) is 11.6 Å². The predicted octanol–water partition coefficient (Wildman–Crippen LogP) is 1.91. The first-order valence-electron chi connectivity index (χ1n) is 5.29. The highest BCUT2D eigenvalue weighted by Gasteiger charge is 2.26. The van der Waals surface area contributed by atoms with Gasteiger partial charge in [0.2, 0.25) is 0 Å². The van der Waals surface area contributed by atoms with E-state index < -0.39 is 0 Å². The Kier molecular flexibility index (Phi) is 3.12. The zero-order valence-electron chi connectivity index (χ0n) is 8.86. The van der Waals surface area contributed by atoms with Gasteiger partial charge >= 0.3 is 0 Å². The van der Waals surface area contributed by atoms with Gasteiger partial charge in [-0.25, -0.2) is 4.98 Å². The molecule has 0 spiro atoms. The van der Waals surface area contributed by atoms with Gasteiger partial charge < -0.3 is 10.6 Å². The van der Waals surface area contributed by atoms with Crippen LogP contribution in [0.3, 0.4) is 0 Å². The van der Waals surface area contributed by atoms with Crippen molar-refractivity contribution in [3.63, 3.8) is 0 Å². The minimum atomic E-state index is 0.248. The van der Waals surface area contributed by atoms with E-state index in [-0.39, 0.29) is 6.04 Å². The summed E-state index contributed by atoms with van der Waals surface area (Å²) in [5, 5.41) is 0.725. The molecule has 1 saturated heterocycles. The van der Waals surface area contributed by atoms with Crippen LogP contribution in [0.4, 0.5) is 5.82 Å². The van der Waals surface area contributed by atoms with Gasteiger partial charge in [-0.05, 0) is 31.4 Å². The van der Waals surface area contributed by atoms with Crippen LogP contribution in [-0.4, -0.2) is 24.1 Å². The van der Waals surface area contributed by atoms with Crippen LogP contribution in [0.5, 0.6) is 0 Å². The molecule has 2 heterocycles. The number of hydrogen-bond donors (Lipinski definition) is 1. The van der Waals surface area contributed by atoms with Crippen LogP contribution in [0.15, 0.2) is 18.3 Å². The van der Waals surface area contributed by atoms with Gasteiger partial charge in [0.25, 0.3) is 0 Å². The van der Waals surface area contributed by atoms with Crippen LogP contribution in [0.2, 0.25) is 5.02 Å². The van der Waals surface area contributed by atoms with E-state index in [1.165, 1.54) is 0 Å². The molecule has 2 atom stereocenters. The molecule has 0 aromatic carbocycles. The molecule has 1 fully saturated rings. The molecule has 1 aliphatic rings. The minimum absolute atomic E-state index is 0.248. The van der Waals surface area contributed by atoms with E-state index in [4.69, 9.17) is 17.3 Å². The Morgan fingerprint density at radius 3 is 3.07 bits per heavy atom. The highest BCUT2D eigenvalue weighted by Crippen LogP contribution is 2.28. The second-order valence-electron chi connectivity index (χ2n) is 4.16. The molecular weight excluding hydrogens is 210 g/mol. The van der Waals surface area contributed by atoms with Crippen molar-refractivity contribution in [2.75, 3.05) is 18.0 Å². The summed E-state index contributed by atoms with van der Waals surface area (Å²) >= 11 is 6.10. The Balaban J connectivity index is 2.11. The monoisotopic (exact) mass is 225 g/mol. The normalized spacial score (nSPS) is 23.1. The Morgan fingerprint density at radius 1 is 1.67 bits per heavy atom. The van der Waals surface area contributed by atoms with Crippen molar-refractivity contribution in [2.45, 2.75) is 19.4 Å². The molecule has 0 amide bonds. The third-order valence-corrected chi connectivity index (χ3v) is 3.30. The molecule has 1 aromatic heterocycles. The SMILES string of the molecule is CC(N)C1CCN(c2ncccc2Cl)C1. The topological polar surface area (TPSA) is 42.1 Å². The van der Waals surface area contributed by atoms with E-state index in [0.717, 1.165) is 30.4 Å². The fraction of sp³-hybridized carbons (Fsp3) is 0.545. The van der Waals surface area contributed by atoms with E-state index in [1.54, 1.807) is 6.20 Å². The fourth-order valence-electron chi connectivity index (χ4n) is 2.02. The van der Waals surface area contributed by atoms with Crippen LogP contribution >= 0.6 is 11.6 Å². The maximum absolute atomic E-state index is 6.10. The molecular formula is C11H16ClN3. The summed E-state index contributed by atoms with van der Waals surface area (Å²) in [7, 11) is 0. The van der Waals surface area contributed by atoms with Gasteiger partial charge in [-0.2, -0.15) is 0 Å². The van der Waals surface area contributed by atoms with Gasteiger partial charge in [0.15, 0.2) is 0 Å². The Bertz CT molecular complexity index is 340. The summed E-state index contributed by atoms with van der Waals surface area (Å²) < 4.78 is 0. The molecule has 0 aliphatic carbocycles. The lowest BCUT2D eigenvalue weighted by molar-refractivity contribution is 0.488. The number of nitrogens with zero attached hydrogens (tertiary/aromatic N) is 2. The zero-order valence-corrected chi connectivity index (χ0v) is 9.61. The number of halogens is 1. The van der Waals surface area contributed by atoms with Gasteiger partial charge in [0.1, 0.15) is 5.82 Å². The summed E-state index contributed by atoms with van der Waals surface area (Å²) in [5.74, 6) is 1.45. The van der Waals surface area contributed by atoms with E-state index in [2.05, 4.69) is 16.8 Å². The van der Waals surface area contributed by atoms with Crippen LogP contribution < -0.4 is 10.6 Å². The molecule has 4 heteroatoms. The van der Waals surface area contributed by atoms with E-state index in [0.29, 0.717) is 5.92 Å². The standard InChI is InChI=1S/C11H16ClN3/c1-8(13)9-4-6-15(7-9)11-10(12)3-2-5-14-11/h2-3,5,8-9H,4,6-7,13H2,1H3. The molecule has 0 bridgehead atoms. The van der Waals surface area contributed by atoms with E-state index in [9.17, 15) is 0 Å². The van der Waals surface area contributed by atoms with Crippen molar-refractivity contribution in [3.05, 3.63) is 23.4 Å². The summed E-state index contributed by atoms with van der Waals surface area (Å²) in [5.41, 5.74) is 5.90. The maximum Gasteiger partial charge on any atom is 0.147 e. The molecule has 2 N–H and O–H groups in total. The smallest absolute Gasteiger partial charge is 0.147 e. The molecule has 82 valence electrons. The van der Waals surface area contributed by atoms with Crippen LogP contribution in [0.25, 0.3) is 0 Å². The quantitative estimate of drug-likeness (QED) is 0.836. The van der Waals surface area contributed by atoms with Crippen LogP contribution in [-0.2, 0) is 0 Å². The number of rotatable bonds is 2. The fourth-order valence-corrected chi connectivity index (χ4v) is 2.26. The third-order valence-electron chi connectivity index (χ3n) is 3.01. The second kappa shape index (κ2) is 4.37.